The maximum Gasteiger partial charge on any atom is 0.0233 e. The number of likely N-dealkylation sites (tertiary alicyclic amines) is 1. The Morgan fingerprint density at radius 3 is 2.47 bits per heavy atom. The van der Waals surface area contributed by atoms with E-state index in [1.807, 2.05) is 0 Å². The summed E-state index contributed by atoms with van der Waals surface area (Å²) in [5.74, 6) is 0. The first-order valence-corrected chi connectivity index (χ1v) is 7.85. The van der Waals surface area contributed by atoms with Crippen LogP contribution in [-0.2, 0) is 6.54 Å². The van der Waals surface area contributed by atoms with E-state index in [0.717, 1.165) is 24.1 Å². The van der Waals surface area contributed by atoms with Gasteiger partial charge in [0.25, 0.3) is 0 Å². The summed E-state index contributed by atoms with van der Waals surface area (Å²) in [6.07, 6.45) is 2.51. The highest BCUT2D eigenvalue weighted by molar-refractivity contribution is 9.10. The minimum atomic E-state index is 0.706. The van der Waals surface area contributed by atoms with E-state index in [0.29, 0.717) is 6.04 Å². The number of halogens is 1. The molecular weight excluding hydrogens is 302 g/mol. The second-order valence-corrected chi connectivity index (χ2v) is 6.32. The summed E-state index contributed by atoms with van der Waals surface area (Å²) in [6.45, 7) is 5.23. The number of rotatable bonds is 5. The first-order chi connectivity index (χ1) is 9.19. The summed E-state index contributed by atoms with van der Waals surface area (Å²) >= 11 is 3.48. The highest BCUT2D eigenvalue weighted by Gasteiger charge is 2.21. The van der Waals surface area contributed by atoms with Crippen LogP contribution in [0, 0.1) is 0 Å². The third kappa shape index (κ3) is 4.56. The molecule has 1 aromatic carbocycles. The zero-order valence-electron chi connectivity index (χ0n) is 11.7. The summed E-state index contributed by atoms with van der Waals surface area (Å²) in [4.78, 5) is 4.97. The normalized spacial score (nSPS) is 18.1. The molecular formula is C15H24BrN3. The fourth-order valence-electron chi connectivity index (χ4n) is 2.77. The summed E-state index contributed by atoms with van der Waals surface area (Å²) < 4.78 is 1.15. The van der Waals surface area contributed by atoms with Crippen LogP contribution in [-0.4, -0.2) is 49.1 Å². The minimum absolute atomic E-state index is 0.706. The number of benzene rings is 1. The van der Waals surface area contributed by atoms with Gasteiger partial charge in [0.1, 0.15) is 0 Å². The largest absolute Gasteiger partial charge is 0.329 e. The van der Waals surface area contributed by atoms with E-state index < -0.39 is 0 Å². The van der Waals surface area contributed by atoms with E-state index >= 15 is 0 Å². The maximum atomic E-state index is 5.61. The number of nitrogens with two attached hydrogens (primary N) is 1. The first-order valence-electron chi connectivity index (χ1n) is 7.06. The lowest BCUT2D eigenvalue weighted by Gasteiger charge is -2.36. The predicted octanol–water partition coefficient (Wildman–Crippen LogP) is 2.30. The fraction of sp³-hybridized carbons (Fsp3) is 0.600. The average molecular weight is 326 g/mol. The standard InChI is InChI=1S/C15H24BrN3/c1-18(12-13-2-4-14(16)5-3-13)15-6-9-19(10-7-15)11-8-17/h2-5,15H,6-12,17H2,1H3. The average Bonchev–Trinajstić information content (AvgIpc) is 2.42. The summed E-state index contributed by atoms with van der Waals surface area (Å²) in [7, 11) is 2.24. The molecule has 2 N–H and O–H groups in total. The van der Waals surface area contributed by atoms with Gasteiger partial charge in [0.2, 0.25) is 0 Å². The molecule has 1 aromatic rings. The molecule has 4 heteroatoms. The van der Waals surface area contributed by atoms with Crippen molar-refractivity contribution in [1.29, 1.82) is 0 Å². The highest BCUT2D eigenvalue weighted by atomic mass is 79.9. The van der Waals surface area contributed by atoms with Crippen LogP contribution >= 0.6 is 15.9 Å². The van der Waals surface area contributed by atoms with Crippen LogP contribution in [0.3, 0.4) is 0 Å². The van der Waals surface area contributed by atoms with Gasteiger partial charge >= 0.3 is 0 Å². The zero-order valence-corrected chi connectivity index (χ0v) is 13.3. The van der Waals surface area contributed by atoms with Crippen molar-refractivity contribution in [2.45, 2.75) is 25.4 Å². The summed E-state index contributed by atoms with van der Waals surface area (Å²) in [6, 6.07) is 9.34. The van der Waals surface area contributed by atoms with Crippen LogP contribution in [0.15, 0.2) is 28.7 Å². The van der Waals surface area contributed by atoms with E-state index in [9.17, 15) is 0 Å². The Balaban J connectivity index is 1.81. The molecule has 2 rings (SSSR count). The van der Waals surface area contributed by atoms with Gasteiger partial charge in [-0.05, 0) is 50.7 Å². The van der Waals surface area contributed by atoms with Crippen molar-refractivity contribution in [2.24, 2.45) is 5.73 Å². The molecule has 0 bridgehead atoms. The van der Waals surface area contributed by atoms with Gasteiger partial charge in [-0.3, -0.25) is 4.90 Å². The van der Waals surface area contributed by atoms with E-state index in [4.69, 9.17) is 5.73 Å². The molecule has 0 spiro atoms. The molecule has 0 unspecified atom stereocenters. The van der Waals surface area contributed by atoms with Crippen LogP contribution < -0.4 is 5.73 Å². The first kappa shape index (κ1) is 15.0. The van der Waals surface area contributed by atoms with Crippen LogP contribution in [0.4, 0.5) is 0 Å². The lowest BCUT2D eigenvalue weighted by Crippen LogP contribution is -2.44. The van der Waals surface area contributed by atoms with Gasteiger partial charge in [-0.15, -0.1) is 0 Å². The highest BCUT2D eigenvalue weighted by Crippen LogP contribution is 2.18. The van der Waals surface area contributed by atoms with Gasteiger partial charge in [-0.1, -0.05) is 28.1 Å². The Morgan fingerprint density at radius 2 is 1.89 bits per heavy atom. The Morgan fingerprint density at radius 1 is 1.26 bits per heavy atom. The minimum Gasteiger partial charge on any atom is -0.329 e. The van der Waals surface area contributed by atoms with E-state index in [-0.39, 0.29) is 0 Å². The van der Waals surface area contributed by atoms with Crippen LogP contribution in [0.2, 0.25) is 0 Å². The molecule has 1 aliphatic heterocycles. The summed E-state index contributed by atoms with van der Waals surface area (Å²) in [5.41, 5.74) is 7.00. The lowest BCUT2D eigenvalue weighted by atomic mass is 10.0. The molecule has 1 aliphatic rings. The third-order valence-corrected chi connectivity index (χ3v) is 4.50. The van der Waals surface area contributed by atoms with Crippen molar-refractivity contribution in [1.82, 2.24) is 9.80 Å². The molecule has 0 aromatic heterocycles. The molecule has 0 aliphatic carbocycles. The van der Waals surface area contributed by atoms with Crippen molar-refractivity contribution in [3.8, 4) is 0 Å². The van der Waals surface area contributed by atoms with Crippen LogP contribution in [0.5, 0.6) is 0 Å². The van der Waals surface area contributed by atoms with Gasteiger partial charge in [-0.25, -0.2) is 0 Å². The zero-order chi connectivity index (χ0) is 13.7. The number of piperidine rings is 1. The molecule has 1 saturated heterocycles. The fourth-order valence-corrected chi connectivity index (χ4v) is 3.04. The molecule has 0 amide bonds. The third-order valence-electron chi connectivity index (χ3n) is 3.97. The topological polar surface area (TPSA) is 32.5 Å². The van der Waals surface area contributed by atoms with Crippen LogP contribution in [0.1, 0.15) is 18.4 Å². The second kappa shape index (κ2) is 7.39. The van der Waals surface area contributed by atoms with Gasteiger partial charge in [0.15, 0.2) is 0 Å². The molecule has 0 radical (unpaired) electrons. The Hall–Kier alpha value is -0.420. The van der Waals surface area contributed by atoms with Crippen molar-refractivity contribution in [3.05, 3.63) is 34.3 Å². The Labute approximate surface area is 124 Å². The molecule has 0 saturated carbocycles. The molecule has 106 valence electrons. The molecule has 0 atom stereocenters. The van der Waals surface area contributed by atoms with Gasteiger partial charge in [0.05, 0.1) is 0 Å². The predicted molar refractivity (Wildman–Crippen MR) is 84.1 cm³/mol. The summed E-state index contributed by atoms with van der Waals surface area (Å²) in [5, 5.41) is 0. The Bertz CT molecular complexity index is 371. The molecule has 3 nitrogen and oxygen atoms in total. The number of nitrogens with zero attached hydrogens (tertiary/aromatic N) is 2. The van der Waals surface area contributed by atoms with Gasteiger partial charge < -0.3 is 10.6 Å². The smallest absolute Gasteiger partial charge is 0.0233 e. The lowest BCUT2D eigenvalue weighted by molar-refractivity contribution is 0.125. The van der Waals surface area contributed by atoms with E-state index in [1.165, 1.54) is 31.5 Å². The maximum absolute atomic E-state index is 5.61. The molecule has 1 fully saturated rings. The number of hydrogen-bond acceptors (Lipinski definition) is 3. The van der Waals surface area contributed by atoms with Crippen molar-refractivity contribution in [2.75, 3.05) is 33.2 Å². The van der Waals surface area contributed by atoms with Crippen LogP contribution in [0.25, 0.3) is 0 Å². The van der Waals surface area contributed by atoms with Gasteiger partial charge in [0, 0.05) is 30.1 Å². The van der Waals surface area contributed by atoms with Crippen molar-refractivity contribution in [3.63, 3.8) is 0 Å². The number of hydrogen-bond donors (Lipinski definition) is 1. The molecule has 19 heavy (non-hydrogen) atoms. The SMILES string of the molecule is CN(Cc1ccc(Br)cc1)C1CCN(CCN)CC1. The van der Waals surface area contributed by atoms with E-state index in [2.05, 4.69) is 57.0 Å². The second-order valence-electron chi connectivity index (χ2n) is 5.40. The van der Waals surface area contributed by atoms with Crippen molar-refractivity contribution >= 4 is 15.9 Å². The van der Waals surface area contributed by atoms with Crippen molar-refractivity contribution < 1.29 is 0 Å². The monoisotopic (exact) mass is 325 g/mol. The quantitative estimate of drug-likeness (QED) is 0.901. The van der Waals surface area contributed by atoms with Gasteiger partial charge in [-0.2, -0.15) is 0 Å². The van der Waals surface area contributed by atoms with E-state index in [1.54, 1.807) is 0 Å². The Kier molecular flexibility index (Phi) is 5.82. The molecule has 1 heterocycles.